The van der Waals surface area contributed by atoms with Crippen LogP contribution in [0.3, 0.4) is 0 Å². The topological polar surface area (TPSA) is 35.5 Å². The number of rotatable bonds is 7. The molecule has 0 aliphatic heterocycles. The molecule has 0 heterocycles. The molecule has 0 aromatic heterocycles. The Morgan fingerprint density at radius 2 is 1.83 bits per heavy atom. The van der Waals surface area contributed by atoms with Crippen LogP contribution >= 0.6 is 20.2 Å². The summed E-state index contributed by atoms with van der Waals surface area (Å²) in [6, 6.07) is 12.8. The van der Waals surface area contributed by atoms with Gasteiger partial charge in [-0.15, -0.1) is 0 Å². The monoisotopic (exact) mass is 358 g/mol. The third-order valence-electron chi connectivity index (χ3n) is 3.12. The predicted molar refractivity (Wildman–Crippen MR) is 104 cm³/mol. The van der Waals surface area contributed by atoms with Crippen molar-refractivity contribution in [3.8, 4) is 11.5 Å². The second kappa shape index (κ2) is 10.1. The molecule has 2 aromatic rings. The summed E-state index contributed by atoms with van der Waals surface area (Å²) in [5.41, 5.74) is 0.401. The minimum absolute atomic E-state index is 0. The molecule has 1 atom stereocenters. The Labute approximate surface area is 162 Å². The predicted octanol–water partition coefficient (Wildman–Crippen LogP) is 3.88. The van der Waals surface area contributed by atoms with E-state index in [2.05, 4.69) is 13.8 Å². The normalized spacial score (nSPS) is 10.7. The van der Waals surface area contributed by atoms with Crippen LogP contribution in [0.5, 0.6) is 11.5 Å². The Bertz CT molecular complexity index is 674. The molecule has 0 saturated heterocycles. The van der Waals surface area contributed by atoms with Crippen LogP contribution in [0.1, 0.15) is 24.2 Å². The Kier molecular flexibility index (Phi) is 8.88. The SMILES string of the molecule is COc1cccc(Cl)c1C(=O)Pc1ccc(OCC(C)C)cc1.[LiH]. The molecule has 3 nitrogen and oxygen atoms in total. The van der Waals surface area contributed by atoms with Crippen LogP contribution in [0.15, 0.2) is 42.5 Å². The number of carbonyl (C=O) groups excluding carboxylic acids is 1. The van der Waals surface area contributed by atoms with Gasteiger partial charge in [-0.2, -0.15) is 0 Å². The van der Waals surface area contributed by atoms with Gasteiger partial charge in [0.05, 0.1) is 24.3 Å². The van der Waals surface area contributed by atoms with Gasteiger partial charge < -0.3 is 9.47 Å². The van der Waals surface area contributed by atoms with Crippen molar-refractivity contribution >= 4 is 49.9 Å². The van der Waals surface area contributed by atoms with Gasteiger partial charge in [0, 0.05) is 0 Å². The van der Waals surface area contributed by atoms with Crippen LogP contribution in [0.4, 0.5) is 0 Å². The molecule has 2 aromatic carbocycles. The van der Waals surface area contributed by atoms with Crippen molar-refractivity contribution in [3.63, 3.8) is 0 Å². The number of hydrogen-bond acceptors (Lipinski definition) is 3. The summed E-state index contributed by atoms with van der Waals surface area (Å²) in [4.78, 5) is 12.5. The van der Waals surface area contributed by atoms with E-state index in [1.807, 2.05) is 24.3 Å². The fraction of sp³-hybridized carbons (Fsp3) is 0.278. The first-order valence-electron chi connectivity index (χ1n) is 7.38. The van der Waals surface area contributed by atoms with Crippen LogP contribution in [-0.4, -0.2) is 38.1 Å². The average molecular weight is 359 g/mol. The number of halogens is 1. The number of methoxy groups -OCH3 is 1. The molecule has 0 N–H and O–H groups in total. The minimum atomic E-state index is -0.0386. The second-order valence-electron chi connectivity index (χ2n) is 5.50. The molecule has 0 radical (unpaired) electrons. The molecule has 0 saturated carbocycles. The molecule has 0 aliphatic rings. The van der Waals surface area contributed by atoms with E-state index in [-0.39, 0.29) is 33.0 Å². The molecule has 0 fully saturated rings. The molecule has 1 unspecified atom stereocenters. The summed E-state index contributed by atoms with van der Waals surface area (Å²) in [6.07, 6.45) is 0. The van der Waals surface area contributed by atoms with E-state index in [0.29, 0.717) is 28.9 Å². The Morgan fingerprint density at radius 3 is 2.42 bits per heavy atom. The van der Waals surface area contributed by atoms with E-state index >= 15 is 0 Å². The fourth-order valence-electron chi connectivity index (χ4n) is 1.99. The number of hydrogen-bond donors (Lipinski definition) is 0. The Morgan fingerprint density at radius 1 is 1.17 bits per heavy atom. The molecule has 6 heteroatoms. The van der Waals surface area contributed by atoms with Crippen LogP contribution in [-0.2, 0) is 0 Å². The van der Waals surface area contributed by atoms with Gasteiger partial charge in [0.25, 0.3) is 0 Å². The van der Waals surface area contributed by atoms with Gasteiger partial charge in [-0.1, -0.05) is 43.6 Å². The summed E-state index contributed by atoms with van der Waals surface area (Å²) in [6.45, 7) is 4.88. The van der Waals surface area contributed by atoms with Gasteiger partial charge in [-0.05, 0) is 44.1 Å². The van der Waals surface area contributed by atoms with Gasteiger partial charge in [0.2, 0.25) is 0 Å². The maximum atomic E-state index is 12.5. The molecular weight excluding hydrogens is 338 g/mol. The molecule has 0 bridgehead atoms. The average Bonchev–Trinajstić information content (AvgIpc) is 2.53. The van der Waals surface area contributed by atoms with Crippen molar-refractivity contribution in [2.75, 3.05) is 13.7 Å². The molecule has 2 rings (SSSR count). The summed E-state index contributed by atoms with van der Waals surface area (Å²) < 4.78 is 10.9. The molecule has 124 valence electrons. The van der Waals surface area contributed by atoms with Crippen LogP contribution in [0.25, 0.3) is 0 Å². The van der Waals surface area contributed by atoms with E-state index in [9.17, 15) is 4.79 Å². The number of carbonyl (C=O) groups is 1. The summed E-state index contributed by atoms with van der Waals surface area (Å²) in [7, 11) is 1.52. The Balaban J connectivity index is 0.00000288. The van der Waals surface area contributed by atoms with Crippen molar-refractivity contribution in [1.29, 1.82) is 0 Å². The van der Waals surface area contributed by atoms with Crippen molar-refractivity contribution in [2.24, 2.45) is 5.92 Å². The summed E-state index contributed by atoms with van der Waals surface area (Å²) in [5.74, 6) is 1.80. The summed E-state index contributed by atoms with van der Waals surface area (Å²) in [5, 5.41) is 1.35. The molecule has 0 spiro atoms. The zero-order valence-electron chi connectivity index (χ0n) is 13.4. The van der Waals surface area contributed by atoms with E-state index in [4.69, 9.17) is 21.1 Å². The van der Waals surface area contributed by atoms with E-state index in [0.717, 1.165) is 11.1 Å². The van der Waals surface area contributed by atoms with Crippen LogP contribution < -0.4 is 14.8 Å². The van der Waals surface area contributed by atoms with Gasteiger partial charge in [0.15, 0.2) is 5.52 Å². The first kappa shape index (κ1) is 21.1. The van der Waals surface area contributed by atoms with E-state index < -0.39 is 0 Å². The number of benzene rings is 2. The second-order valence-corrected chi connectivity index (χ2v) is 7.19. The Hall–Kier alpha value is -0.973. The third kappa shape index (κ3) is 5.83. The molecule has 24 heavy (non-hydrogen) atoms. The first-order valence-corrected chi connectivity index (χ1v) is 8.75. The standard InChI is InChI=1S/C18H20ClO3P.Li.H/c1-12(2)11-22-13-7-9-14(10-8-13)23-18(20)17-15(19)5-4-6-16(17)21-3;;/h4-10,12,23H,11H2,1-3H3;;. The first-order chi connectivity index (χ1) is 11.0. The van der Waals surface area contributed by atoms with E-state index in [1.165, 1.54) is 7.11 Å². The van der Waals surface area contributed by atoms with Gasteiger partial charge in [0.1, 0.15) is 11.5 Å². The van der Waals surface area contributed by atoms with Crippen LogP contribution in [0, 0.1) is 5.92 Å². The number of ether oxygens (including phenoxy) is 2. The van der Waals surface area contributed by atoms with Gasteiger partial charge >= 0.3 is 18.9 Å². The van der Waals surface area contributed by atoms with Crippen molar-refractivity contribution in [2.45, 2.75) is 13.8 Å². The maximum absolute atomic E-state index is 12.5. The van der Waals surface area contributed by atoms with Gasteiger partial charge in [-0.25, -0.2) is 0 Å². The molecule has 0 amide bonds. The van der Waals surface area contributed by atoms with E-state index in [1.54, 1.807) is 18.2 Å². The summed E-state index contributed by atoms with van der Waals surface area (Å²) >= 11 is 6.15. The van der Waals surface area contributed by atoms with Crippen LogP contribution in [0.2, 0.25) is 5.02 Å². The van der Waals surface area contributed by atoms with Gasteiger partial charge in [-0.3, -0.25) is 4.79 Å². The fourth-order valence-corrected chi connectivity index (χ4v) is 3.30. The quantitative estimate of drug-likeness (QED) is 0.556. The third-order valence-corrected chi connectivity index (χ3v) is 4.53. The van der Waals surface area contributed by atoms with Crippen molar-refractivity contribution in [1.82, 2.24) is 0 Å². The zero-order valence-corrected chi connectivity index (χ0v) is 15.2. The van der Waals surface area contributed by atoms with Crippen molar-refractivity contribution in [3.05, 3.63) is 53.1 Å². The zero-order chi connectivity index (χ0) is 16.8. The molecule has 0 aliphatic carbocycles. The molecular formula is C18H21ClLiO3P. The van der Waals surface area contributed by atoms with Crippen molar-refractivity contribution < 1.29 is 14.3 Å².